The van der Waals surface area contributed by atoms with Crippen LogP contribution in [0.1, 0.15) is 5.56 Å². The van der Waals surface area contributed by atoms with Crippen LogP contribution in [0, 0.1) is 31.1 Å². The zero-order valence-corrected chi connectivity index (χ0v) is 26.9. The number of benzene rings is 2. The van der Waals surface area contributed by atoms with Crippen LogP contribution in [0.15, 0.2) is 109 Å². The second-order valence-corrected chi connectivity index (χ2v) is 18.5. The molecule has 1 saturated heterocycles. The zero-order valence-electron chi connectivity index (χ0n) is 22.8. The SMILES string of the molecule is C[Si](C)(C1C2C=CC=CC2C2C=CC=CC21)N1C[N-]C2C(c3cccc4ccccc34)=CC=C[C@H]21.[CH3-].[Cl][Ti][Cl]. The number of fused-ring (bicyclic) bond motifs is 5. The van der Waals surface area contributed by atoms with Crippen molar-refractivity contribution >= 4 is 43.2 Å². The van der Waals surface area contributed by atoms with E-state index in [0.717, 1.165) is 6.67 Å². The number of hydrogen-bond acceptors (Lipinski definition) is 1. The van der Waals surface area contributed by atoms with Gasteiger partial charge in [0.1, 0.15) is 8.24 Å². The van der Waals surface area contributed by atoms with Crippen LogP contribution >= 0.6 is 18.6 Å². The molecule has 2 fully saturated rings. The number of rotatable bonds is 3. The fourth-order valence-corrected chi connectivity index (χ4v) is 12.2. The van der Waals surface area contributed by atoms with E-state index in [1.54, 1.807) is 0 Å². The molecule has 1 saturated carbocycles. The summed E-state index contributed by atoms with van der Waals surface area (Å²) in [5.41, 5.74) is 3.41. The molecule has 6 heteroatoms. The van der Waals surface area contributed by atoms with Crippen LogP contribution in [0.4, 0.5) is 0 Å². The molecule has 2 aromatic carbocycles. The van der Waals surface area contributed by atoms with Gasteiger partial charge in [0, 0.05) is 6.04 Å². The van der Waals surface area contributed by atoms with Gasteiger partial charge < -0.3 is 17.3 Å². The third-order valence-electron chi connectivity index (χ3n) is 9.39. The monoisotopic (exact) mass is 606 g/mol. The average molecular weight is 608 g/mol. The third-order valence-corrected chi connectivity index (χ3v) is 13.7. The van der Waals surface area contributed by atoms with E-state index in [1.165, 1.54) is 21.9 Å². The summed E-state index contributed by atoms with van der Waals surface area (Å²) in [6.07, 6.45) is 26.2. The van der Waals surface area contributed by atoms with E-state index in [-0.39, 0.29) is 13.5 Å². The fourth-order valence-electron chi connectivity index (χ4n) is 7.87. The average Bonchev–Trinajstić information content (AvgIpc) is 3.54. The van der Waals surface area contributed by atoms with Gasteiger partial charge in [-0.2, -0.15) is 0 Å². The molecular weight excluding hydrogens is 571 g/mol. The molecule has 1 aliphatic heterocycles. The minimum absolute atomic E-state index is 0. The molecule has 1 heterocycles. The molecule has 6 atom stereocenters. The summed E-state index contributed by atoms with van der Waals surface area (Å²) in [6.45, 7) is 6.10. The van der Waals surface area contributed by atoms with Crippen molar-refractivity contribution in [1.82, 2.24) is 4.57 Å². The van der Waals surface area contributed by atoms with Gasteiger partial charge in [-0.25, -0.2) is 0 Å². The quantitative estimate of drug-likeness (QED) is 0.251. The van der Waals surface area contributed by atoms with E-state index in [1.807, 2.05) is 0 Å². The summed E-state index contributed by atoms with van der Waals surface area (Å²) >= 11 is -0.556. The topological polar surface area (TPSA) is 17.3 Å². The minimum atomic E-state index is -1.86. The van der Waals surface area contributed by atoms with Crippen LogP contribution in [0.3, 0.4) is 0 Å². The Bertz CT molecular complexity index is 1340. The normalized spacial score (nSPS) is 32.0. The van der Waals surface area contributed by atoms with Gasteiger partial charge in [-0.15, -0.1) is 6.67 Å². The molecule has 0 bridgehead atoms. The van der Waals surface area contributed by atoms with Crippen LogP contribution in [0.2, 0.25) is 18.6 Å². The van der Waals surface area contributed by atoms with Crippen molar-refractivity contribution in [2.75, 3.05) is 6.67 Å². The number of allylic oxidation sites excluding steroid dienone is 10. The molecule has 0 amide bonds. The Kier molecular flexibility index (Phi) is 9.10. The molecule has 202 valence electrons. The van der Waals surface area contributed by atoms with Crippen molar-refractivity contribution in [2.45, 2.75) is 30.7 Å². The zero-order chi connectivity index (χ0) is 26.3. The first-order valence-electron chi connectivity index (χ1n) is 13.5. The van der Waals surface area contributed by atoms with Gasteiger partial charge in [0.05, 0.1) is 0 Å². The summed E-state index contributed by atoms with van der Waals surface area (Å²) in [5, 5.41) is 7.96. The van der Waals surface area contributed by atoms with E-state index in [9.17, 15) is 0 Å². The molecule has 0 spiro atoms. The van der Waals surface area contributed by atoms with Gasteiger partial charge in [0.25, 0.3) is 0 Å². The van der Waals surface area contributed by atoms with Crippen LogP contribution in [-0.4, -0.2) is 31.6 Å². The molecule has 4 aliphatic carbocycles. The van der Waals surface area contributed by atoms with E-state index < -0.39 is 25.3 Å². The van der Waals surface area contributed by atoms with Crippen LogP contribution in [0.25, 0.3) is 21.7 Å². The number of halogens is 2. The second-order valence-electron chi connectivity index (χ2n) is 11.4. The molecule has 2 aromatic rings. The van der Waals surface area contributed by atoms with E-state index in [2.05, 4.69) is 127 Å². The summed E-state index contributed by atoms with van der Waals surface area (Å²) in [5.74, 6) is 2.52. The van der Waals surface area contributed by atoms with Gasteiger partial charge in [-0.3, -0.25) is 0 Å². The van der Waals surface area contributed by atoms with Crippen molar-refractivity contribution in [2.24, 2.45) is 23.7 Å². The maximum absolute atomic E-state index is 5.33. The molecule has 5 unspecified atom stereocenters. The summed E-state index contributed by atoms with van der Waals surface area (Å²) in [7, 11) is 7.92. The summed E-state index contributed by atoms with van der Waals surface area (Å²) in [6, 6.07) is 16.0. The molecular formula is C33H36Cl2N2SiTi-2. The Labute approximate surface area is 252 Å². The first kappa shape index (κ1) is 29.1. The maximum atomic E-state index is 5.33. The Morgan fingerprint density at radius 1 is 0.795 bits per heavy atom. The van der Waals surface area contributed by atoms with Crippen molar-refractivity contribution in [3.63, 3.8) is 0 Å². The molecule has 5 aliphatic rings. The van der Waals surface area contributed by atoms with Crippen LogP contribution in [0.5, 0.6) is 0 Å². The van der Waals surface area contributed by atoms with Gasteiger partial charge in [-0.05, 0) is 45.5 Å². The number of hydrogen-bond donors (Lipinski definition) is 0. The fraction of sp³-hybridized carbons (Fsp3) is 0.303. The molecule has 0 radical (unpaired) electrons. The van der Waals surface area contributed by atoms with Crippen LogP contribution in [-0.2, 0) is 17.0 Å². The molecule has 2 nitrogen and oxygen atoms in total. The molecule has 0 N–H and O–H groups in total. The predicted octanol–water partition coefficient (Wildman–Crippen LogP) is 9.31. The third kappa shape index (κ3) is 5.10. The van der Waals surface area contributed by atoms with Gasteiger partial charge in [-0.1, -0.05) is 134 Å². The van der Waals surface area contributed by atoms with Gasteiger partial charge in [0.2, 0.25) is 0 Å². The van der Waals surface area contributed by atoms with Crippen LogP contribution < -0.4 is 0 Å². The van der Waals surface area contributed by atoms with E-state index in [0.29, 0.717) is 35.3 Å². The number of nitrogens with zero attached hydrogens (tertiary/aromatic N) is 2. The Hall–Kier alpha value is -1.43. The van der Waals surface area contributed by atoms with E-state index >= 15 is 0 Å². The van der Waals surface area contributed by atoms with Crippen molar-refractivity contribution < 1.29 is 17.0 Å². The predicted molar refractivity (Wildman–Crippen MR) is 169 cm³/mol. The van der Waals surface area contributed by atoms with Crippen molar-refractivity contribution in [3.8, 4) is 0 Å². The van der Waals surface area contributed by atoms with Crippen molar-refractivity contribution in [1.29, 1.82) is 0 Å². The molecule has 0 aromatic heterocycles. The standard InChI is InChI=1S/C32H33N2Si.CH3.2ClH.Ti/c1-35(2,32-28-16-7-5-14-25(28)26-15-6-8-17-29(26)32)34-21-33-31-27(19-10-20-30(31)34)24-18-9-12-22-11-3-4-13-23(22)24;;;;/h3-20,25-26,28-32H,21H2,1-2H3;1H3;2*1H;/q2*-1;;;+2/p-2/t25?,26?,28?,29?,30-,31?,32?;;;;/m1..../s1. The van der Waals surface area contributed by atoms with Gasteiger partial charge in [0.15, 0.2) is 0 Å². The molecule has 7 rings (SSSR count). The second kappa shape index (κ2) is 12.2. The summed E-state index contributed by atoms with van der Waals surface area (Å²) < 4.78 is 2.84. The van der Waals surface area contributed by atoms with Crippen molar-refractivity contribution in [3.05, 3.63) is 128 Å². The molecule has 39 heavy (non-hydrogen) atoms. The first-order chi connectivity index (χ1) is 18.6. The summed E-state index contributed by atoms with van der Waals surface area (Å²) in [4.78, 5) is 0. The van der Waals surface area contributed by atoms with E-state index in [4.69, 9.17) is 23.9 Å². The Balaban J connectivity index is 0.000000739. The first-order valence-corrected chi connectivity index (χ1v) is 20.8. The van der Waals surface area contributed by atoms with Gasteiger partial charge >= 0.3 is 35.6 Å². The Morgan fingerprint density at radius 2 is 1.38 bits per heavy atom. The Morgan fingerprint density at radius 3 is 2.05 bits per heavy atom.